The normalized spacial score (nSPS) is 29.6. The van der Waals surface area contributed by atoms with E-state index in [1.807, 2.05) is 0 Å². The topological polar surface area (TPSA) is 114 Å². The zero-order valence-electron chi connectivity index (χ0n) is 25.8. The van der Waals surface area contributed by atoms with E-state index < -0.39 is 19.4 Å². The first-order valence-electron chi connectivity index (χ1n) is 15.0. The molecule has 0 N–H and O–H groups in total. The number of carbonyl (C=O) groups is 2. The Kier molecular flexibility index (Phi) is 9.67. The van der Waals surface area contributed by atoms with Crippen LogP contribution >= 0.6 is 0 Å². The van der Waals surface area contributed by atoms with Crippen LogP contribution < -0.4 is 4.74 Å². The quantitative estimate of drug-likeness (QED) is 0.0979. The van der Waals surface area contributed by atoms with Crippen molar-refractivity contribution in [1.29, 1.82) is 0 Å². The lowest BCUT2D eigenvalue weighted by Gasteiger charge is -2.43. The molecule has 4 rings (SSSR count). The Labute approximate surface area is 249 Å². The fourth-order valence-electron chi connectivity index (χ4n) is 6.18. The Hall–Kier alpha value is -2.98. The Morgan fingerprint density at radius 3 is 2.45 bits per heavy atom. The molecule has 1 aromatic rings. The third-order valence-corrected chi connectivity index (χ3v) is 13.9. The largest absolute Gasteiger partial charge is 0.514 e. The highest BCUT2D eigenvalue weighted by molar-refractivity contribution is 6.74. The van der Waals surface area contributed by atoms with Gasteiger partial charge in [-0.2, -0.15) is 0 Å². The number of fused-ring (bicyclic) bond motifs is 1. The highest BCUT2D eigenvalue weighted by Gasteiger charge is 2.44. The van der Waals surface area contributed by atoms with E-state index >= 15 is 0 Å². The van der Waals surface area contributed by atoms with Crippen LogP contribution in [0.15, 0.2) is 48.1 Å². The second-order valence-corrected chi connectivity index (χ2v) is 18.4. The molecule has 7 atom stereocenters. The Balaban J connectivity index is 1.43. The van der Waals surface area contributed by atoms with E-state index in [0.717, 1.165) is 12.0 Å². The van der Waals surface area contributed by atoms with Gasteiger partial charge < -0.3 is 18.6 Å². The molecule has 0 unspecified atom stereocenters. The van der Waals surface area contributed by atoms with Gasteiger partial charge in [-0.1, -0.05) is 52.8 Å². The van der Waals surface area contributed by atoms with Gasteiger partial charge in [0.05, 0.1) is 17.4 Å². The number of cyclic esters (lactones) is 1. The van der Waals surface area contributed by atoms with Crippen molar-refractivity contribution in [3.8, 4) is 5.75 Å². The summed E-state index contributed by atoms with van der Waals surface area (Å²) >= 11 is 0. The van der Waals surface area contributed by atoms with Crippen molar-refractivity contribution in [2.45, 2.75) is 103 Å². The lowest BCUT2D eigenvalue weighted by atomic mass is 9.65. The van der Waals surface area contributed by atoms with Crippen molar-refractivity contribution in [2.24, 2.45) is 23.7 Å². The summed E-state index contributed by atoms with van der Waals surface area (Å²) < 4.78 is 23.7. The second-order valence-electron chi connectivity index (χ2n) is 13.7. The predicted octanol–water partition coefficient (Wildman–Crippen LogP) is 7.76. The van der Waals surface area contributed by atoms with Crippen LogP contribution in [0.3, 0.4) is 0 Å². The SMILES string of the molecule is C[C@@H]1C=C2C=C[C@@H](C)[C@@H](CC[C@@H]3C[C@@H](O[Si](C)(C)C(C)(C)C)CC(=O)O3)[C@@H]2[C@H](OC(=O)Oc2ccc([N+](=O)[O-])cc2)C1. The van der Waals surface area contributed by atoms with Crippen molar-refractivity contribution < 1.29 is 33.1 Å². The smallest absolute Gasteiger partial charge is 0.462 e. The molecule has 9 nitrogen and oxygen atoms in total. The molecule has 42 heavy (non-hydrogen) atoms. The number of hydrogen-bond donors (Lipinski definition) is 0. The fraction of sp³-hybridized carbons (Fsp3) is 0.625. The van der Waals surface area contributed by atoms with E-state index in [1.165, 1.54) is 24.3 Å². The summed E-state index contributed by atoms with van der Waals surface area (Å²) in [6.07, 6.45) is 8.25. The van der Waals surface area contributed by atoms with E-state index in [4.69, 9.17) is 18.6 Å². The van der Waals surface area contributed by atoms with Crippen molar-refractivity contribution >= 4 is 26.1 Å². The number of nitro benzene ring substituents is 1. The van der Waals surface area contributed by atoms with Crippen molar-refractivity contribution in [3.63, 3.8) is 0 Å². The summed E-state index contributed by atoms with van der Waals surface area (Å²) in [5, 5.41) is 11.0. The number of nitrogens with zero attached hydrogens (tertiary/aromatic N) is 1. The second kappa shape index (κ2) is 12.7. The summed E-state index contributed by atoms with van der Waals surface area (Å²) in [4.78, 5) is 35.8. The number of benzene rings is 1. The van der Waals surface area contributed by atoms with Crippen LogP contribution in [-0.4, -0.2) is 43.7 Å². The van der Waals surface area contributed by atoms with E-state index in [9.17, 15) is 19.7 Å². The number of non-ortho nitro benzene ring substituents is 1. The summed E-state index contributed by atoms with van der Waals surface area (Å²) in [7, 11) is -2.02. The van der Waals surface area contributed by atoms with Crippen LogP contribution in [0, 0.1) is 33.8 Å². The first kappa shape index (κ1) is 31.9. The number of rotatable bonds is 8. The molecular weight excluding hydrogens is 554 g/mol. The van der Waals surface area contributed by atoms with Gasteiger partial charge in [0.2, 0.25) is 0 Å². The standard InChI is InChI=1S/C32H45NO8Si/c1-20-16-22-9-8-21(2)27(15-14-25-18-26(19-29(34)38-25)41-42(6,7)32(3,4)5)30(22)28(17-20)40-31(35)39-24-12-10-23(11-13-24)33(36)37/h8-13,16,20-21,25-28,30H,14-15,17-19H2,1-7H3/t20-,21-,25-,26-,27-,28-,30-/m1/s1. The molecule has 0 saturated carbocycles. The van der Waals surface area contributed by atoms with Crippen molar-refractivity contribution in [1.82, 2.24) is 0 Å². The molecule has 230 valence electrons. The zero-order valence-corrected chi connectivity index (χ0v) is 26.8. The lowest BCUT2D eigenvalue weighted by Crippen LogP contribution is -2.47. The van der Waals surface area contributed by atoms with Gasteiger partial charge >= 0.3 is 12.1 Å². The molecule has 0 spiro atoms. The number of esters is 1. The van der Waals surface area contributed by atoms with E-state index in [1.54, 1.807) is 0 Å². The van der Waals surface area contributed by atoms with Crippen LogP contribution in [-0.2, 0) is 18.7 Å². The molecule has 0 aromatic heterocycles. The monoisotopic (exact) mass is 599 g/mol. The third kappa shape index (κ3) is 7.69. The van der Waals surface area contributed by atoms with Gasteiger partial charge in [0.15, 0.2) is 8.32 Å². The van der Waals surface area contributed by atoms with Gasteiger partial charge in [0.1, 0.15) is 18.0 Å². The molecule has 1 fully saturated rings. The summed E-state index contributed by atoms with van der Waals surface area (Å²) in [6, 6.07) is 5.34. The van der Waals surface area contributed by atoms with Gasteiger partial charge in [-0.3, -0.25) is 14.9 Å². The minimum absolute atomic E-state index is 0.0100. The molecule has 1 heterocycles. The molecular formula is C32H45NO8Si. The maximum Gasteiger partial charge on any atom is 0.514 e. The average molecular weight is 600 g/mol. The van der Waals surface area contributed by atoms with Gasteiger partial charge in [-0.05, 0) is 72.9 Å². The molecule has 2 aliphatic carbocycles. The van der Waals surface area contributed by atoms with Crippen LogP contribution in [0.2, 0.25) is 18.1 Å². The highest BCUT2D eigenvalue weighted by Crippen LogP contribution is 2.45. The maximum atomic E-state index is 12.8. The fourth-order valence-corrected chi connectivity index (χ4v) is 7.55. The van der Waals surface area contributed by atoms with Gasteiger partial charge in [-0.25, -0.2) is 4.79 Å². The molecule has 1 saturated heterocycles. The van der Waals surface area contributed by atoms with Crippen LogP contribution in [0.4, 0.5) is 10.5 Å². The minimum Gasteiger partial charge on any atom is -0.462 e. The third-order valence-electron chi connectivity index (χ3n) is 9.40. The molecule has 0 bridgehead atoms. The van der Waals surface area contributed by atoms with E-state index in [-0.39, 0.29) is 64.4 Å². The molecule has 0 amide bonds. The maximum absolute atomic E-state index is 12.8. The van der Waals surface area contributed by atoms with Crippen LogP contribution in [0.5, 0.6) is 5.75 Å². The summed E-state index contributed by atoms with van der Waals surface area (Å²) in [5.41, 5.74) is 1.07. The van der Waals surface area contributed by atoms with Gasteiger partial charge in [0.25, 0.3) is 5.69 Å². The van der Waals surface area contributed by atoms with Gasteiger partial charge in [0, 0.05) is 24.5 Å². The van der Waals surface area contributed by atoms with Gasteiger partial charge in [-0.15, -0.1) is 0 Å². The Bertz CT molecular complexity index is 1220. The molecule has 0 radical (unpaired) electrons. The number of nitro groups is 1. The predicted molar refractivity (Wildman–Crippen MR) is 162 cm³/mol. The van der Waals surface area contributed by atoms with Crippen molar-refractivity contribution in [2.75, 3.05) is 0 Å². The Morgan fingerprint density at radius 2 is 1.81 bits per heavy atom. The number of carbonyl (C=O) groups excluding carboxylic acids is 2. The minimum atomic E-state index is -2.02. The summed E-state index contributed by atoms with van der Waals surface area (Å²) in [6.45, 7) is 15.3. The first-order valence-corrected chi connectivity index (χ1v) is 17.9. The van der Waals surface area contributed by atoms with E-state index in [0.29, 0.717) is 25.7 Å². The highest BCUT2D eigenvalue weighted by atomic mass is 28.4. The Morgan fingerprint density at radius 1 is 1.12 bits per heavy atom. The molecule has 3 aliphatic rings. The average Bonchev–Trinajstić information content (AvgIpc) is 2.87. The number of hydrogen-bond acceptors (Lipinski definition) is 8. The number of allylic oxidation sites excluding steroid dienone is 3. The molecule has 1 aliphatic heterocycles. The number of ether oxygens (including phenoxy) is 3. The molecule has 1 aromatic carbocycles. The van der Waals surface area contributed by atoms with Crippen molar-refractivity contribution in [3.05, 3.63) is 58.2 Å². The van der Waals surface area contributed by atoms with Crippen LogP contribution in [0.1, 0.15) is 66.7 Å². The first-order chi connectivity index (χ1) is 19.6. The summed E-state index contributed by atoms with van der Waals surface area (Å²) in [5.74, 6) is 0.632. The zero-order chi connectivity index (χ0) is 30.8. The van der Waals surface area contributed by atoms with Crippen LogP contribution in [0.25, 0.3) is 0 Å². The lowest BCUT2D eigenvalue weighted by molar-refractivity contribution is -0.384. The molecule has 10 heteroatoms. The van der Waals surface area contributed by atoms with E-state index in [2.05, 4.69) is 65.9 Å².